The minimum atomic E-state index is -0.209. The van der Waals surface area contributed by atoms with Crippen LogP contribution >= 0.6 is 0 Å². The van der Waals surface area contributed by atoms with Gasteiger partial charge >= 0.3 is 0 Å². The lowest BCUT2D eigenvalue weighted by atomic mass is 9.33. The van der Waals surface area contributed by atoms with Crippen LogP contribution < -0.4 is 26.2 Å². The Balaban J connectivity index is 1.18. The van der Waals surface area contributed by atoms with Crippen molar-refractivity contribution in [2.75, 3.05) is 9.80 Å². The largest absolute Gasteiger partial charge is 0.311 e. The number of nitrogens with zero attached hydrogens (tertiary/aromatic N) is 3. The lowest BCUT2D eigenvalue weighted by Crippen LogP contribution is -2.61. The van der Waals surface area contributed by atoms with Gasteiger partial charge in [-0.2, -0.15) is 0 Å². The van der Waals surface area contributed by atoms with Gasteiger partial charge in [0, 0.05) is 44.9 Å². The summed E-state index contributed by atoms with van der Waals surface area (Å²) in [6, 6.07) is 92.5. The van der Waals surface area contributed by atoms with Crippen LogP contribution in [0, 0.1) is 0 Å². The molecule has 14 rings (SSSR count). The van der Waals surface area contributed by atoms with Crippen molar-refractivity contribution in [1.82, 2.24) is 4.57 Å². The Bertz CT molecular complexity index is 4310. The van der Waals surface area contributed by atoms with E-state index in [1.165, 1.54) is 116 Å². The van der Waals surface area contributed by atoms with E-state index >= 15 is 0 Å². The summed E-state index contributed by atoms with van der Waals surface area (Å²) in [6.45, 7) is 28.1. The molecule has 0 saturated carbocycles. The molecule has 2 aliphatic rings. The Morgan fingerprint density at radius 1 is 0.279 bits per heavy atom. The van der Waals surface area contributed by atoms with E-state index in [-0.39, 0.29) is 28.4 Å². The maximum absolute atomic E-state index is 2.64. The zero-order valence-corrected chi connectivity index (χ0v) is 52.0. The lowest BCUT2D eigenvalue weighted by molar-refractivity contribution is 0.590. The highest BCUT2D eigenvalue weighted by Gasteiger charge is 2.46. The topological polar surface area (TPSA) is 11.4 Å². The normalized spacial score (nSPS) is 13.3. The predicted molar refractivity (Wildman–Crippen MR) is 371 cm³/mol. The van der Waals surface area contributed by atoms with Gasteiger partial charge in [0.25, 0.3) is 6.71 Å². The van der Waals surface area contributed by atoms with E-state index in [2.05, 4.69) is 340 Å². The molecule has 0 amide bonds. The number of hydrogen-bond acceptors (Lipinski definition) is 2. The Morgan fingerprint density at radius 2 is 0.640 bits per heavy atom. The highest BCUT2D eigenvalue weighted by molar-refractivity contribution is 7.00. The predicted octanol–water partition coefficient (Wildman–Crippen LogP) is 20.7. The van der Waals surface area contributed by atoms with E-state index in [1.807, 2.05) is 0 Å². The van der Waals surface area contributed by atoms with E-state index in [9.17, 15) is 0 Å². The Hall–Kier alpha value is -9.12. The average Bonchev–Trinajstić information content (AvgIpc) is 0.806. The minimum Gasteiger partial charge on any atom is -0.311 e. The third kappa shape index (κ3) is 9.37. The van der Waals surface area contributed by atoms with Gasteiger partial charge in [-0.1, -0.05) is 253 Å². The molecule has 0 unspecified atom stereocenters. The summed E-state index contributed by atoms with van der Waals surface area (Å²) in [5, 5.41) is 2.54. The quantitative estimate of drug-likeness (QED) is 0.147. The molecule has 0 bridgehead atoms. The first-order valence-electron chi connectivity index (χ1n) is 30.9. The van der Waals surface area contributed by atoms with E-state index in [1.54, 1.807) is 0 Å². The van der Waals surface area contributed by atoms with Crippen LogP contribution in [-0.4, -0.2) is 11.3 Å². The number of fused-ring (bicyclic) bond motifs is 7. The molecule has 11 aromatic carbocycles. The van der Waals surface area contributed by atoms with Crippen molar-refractivity contribution >= 4 is 79.0 Å². The summed E-state index contributed by atoms with van der Waals surface area (Å²) >= 11 is 0. The third-order valence-electron chi connectivity index (χ3n) is 18.3. The smallest absolute Gasteiger partial charge is 0.252 e. The summed E-state index contributed by atoms with van der Waals surface area (Å²) < 4.78 is 2.58. The molecule has 0 saturated heterocycles. The number of rotatable bonds is 7. The van der Waals surface area contributed by atoms with E-state index in [0.717, 1.165) is 28.4 Å². The summed E-state index contributed by atoms with van der Waals surface area (Å²) in [7, 11) is 0. The van der Waals surface area contributed by atoms with Crippen LogP contribution in [0.4, 0.5) is 34.1 Å². The SMILES string of the molecule is CC(C)(C)c1ccc2c(c1)c1cc(C(C)(C)C)ccc1n2-c1cc2c3c(c1)N(c1cccc(-c4ccccc4)c1)c1cc(C(C)(C)C)c(-c4ccccc4)cc1B3c1cc(-c3ccccc3)c(C(C)(C)C)cc1N2c1cccc(-c2ccccc2)c1. The lowest BCUT2D eigenvalue weighted by Gasteiger charge is -2.46. The summed E-state index contributed by atoms with van der Waals surface area (Å²) in [5.74, 6) is 0. The highest BCUT2D eigenvalue weighted by atomic mass is 15.2. The zero-order chi connectivity index (χ0) is 59.6. The molecule has 3 heterocycles. The third-order valence-corrected chi connectivity index (χ3v) is 18.3. The van der Waals surface area contributed by atoms with Crippen molar-refractivity contribution in [3.8, 4) is 50.2 Å². The Morgan fingerprint density at radius 3 is 1.00 bits per heavy atom. The second-order valence-corrected chi connectivity index (χ2v) is 28.3. The molecule has 0 aliphatic carbocycles. The Labute approximate surface area is 510 Å². The van der Waals surface area contributed by atoms with E-state index in [4.69, 9.17) is 0 Å². The van der Waals surface area contributed by atoms with Crippen LogP contribution in [0.5, 0.6) is 0 Å². The van der Waals surface area contributed by atoms with Gasteiger partial charge in [0.2, 0.25) is 0 Å². The fourth-order valence-corrected chi connectivity index (χ4v) is 13.9. The zero-order valence-electron chi connectivity index (χ0n) is 52.0. The van der Waals surface area contributed by atoms with Gasteiger partial charge in [-0.25, -0.2) is 0 Å². The molecular weight excluding hydrogens is 1040 g/mol. The number of hydrogen-bond donors (Lipinski definition) is 0. The fraction of sp³-hybridized carbons (Fsp3) is 0.195. The van der Waals surface area contributed by atoms with Crippen LogP contribution in [0.1, 0.15) is 105 Å². The first-order chi connectivity index (χ1) is 41.2. The first-order valence-corrected chi connectivity index (χ1v) is 30.9. The maximum Gasteiger partial charge on any atom is 0.252 e. The van der Waals surface area contributed by atoms with Crippen molar-refractivity contribution < 1.29 is 0 Å². The molecule has 4 heteroatoms. The molecular formula is C82H76BN3. The van der Waals surface area contributed by atoms with Gasteiger partial charge in [0.1, 0.15) is 0 Å². The number of aromatic nitrogens is 1. The van der Waals surface area contributed by atoms with Gasteiger partial charge in [0.15, 0.2) is 0 Å². The van der Waals surface area contributed by atoms with Crippen molar-refractivity contribution in [3.63, 3.8) is 0 Å². The molecule has 86 heavy (non-hydrogen) atoms. The summed E-state index contributed by atoms with van der Waals surface area (Å²) in [6.07, 6.45) is 0. The van der Waals surface area contributed by atoms with Crippen LogP contribution in [0.2, 0.25) is 0 Å². The second kappa shape index (κ2) is 20.3. The molecule has 3 nitrogen and oxygen atoms in total. The van der Waals surface area contributed by atoms with Gasteiger partial charge in [-0.3, -0.25) is 0 Å². The first kappa shape index (κ1) is 54.8. The second-order valence-electron chi connectivity index (χ2n) is 28.3. The van der Waals surface area contributed by atoms with E-state index in [0.29, 0.717) is 0 Å². The standard InChI is InChI=1S/C82H76BN3/c1-79(2,3)59-39-41-72-66(45-59)67-46-60(80(4,5)6)40-42-73(67)86(72)63-47-76-78-77(48-63)85(62-38-26-36-58(44-62)54-29-19-14-20-30-54)75-52-69(82(10,11)12)65(56-33-23-16-24-34-56)50-71(75)83(78)70-49-64(55-31-21-15-22-32-55)68(81(7,8)9)51-74(70)84(76)61-37-25-35-57(43-61)53-27-17-13-18-28-53/h13-52H,1-12H3. The molecule has 2 aliphatic heterocycles. The van der Waals surface area contributed by atoms with Crippen LogP contribution in [-0.2, 0) is 21.7 Å². The van der Waals surface area contributed by atoms with Crippen LogP contribution in [0.3, 0.4) is 0 Å². The van der Waals surface area contributed by atoms with Crippen molar-refractivity contribution in [3.05, 3.63) is 265 Å². The highest BCUT2D eigenvalue weighted by Crippen LogP contribution is 2.51. The molecule has 422 valence electrons. The van der Waals surface area contributed by atoms with Gasteiger partial charge < -0.3 is 14.4 Å². The van der Waals surface area contributed by atoms with Crippen LogP contribution in [0.25, 0.3) is 72.0 Å². The van der Waals surface area contributed by atoms with Gasteiger partial charge in [0.05, 0.1) is 16.7 Å². The van der Waals surface area contributed by atoms with Crippen molar-refractivity contribution in [2.45, 2.75) is 105 Å². The van der Waals surface area contributed by atoms with Crippen LogP contribution in [0.15, 0.2) is 243 Å². The molecule has 0 N–H and O–H groups in total. The molecule has 0 spiro atoms. The summed E-state index contributed by atoms with van der Waals surface area (Å²) in [5.41, 5.74) is 28.7. The maximum atomic E-state index is 2.64. The van der Waals surface area contributed by atoms with Crippen molar-refractivity contribution in [1.29, 1.82) is 0 Å². The monoisotopic (exact) mass is 1110 g/mol. The number of benzene rings is 11. The molecule has 12 aromatic rings. The summed E-state index contributed by atoms with van der Waals surface area (Å²) in [4.78, 5) is 5.28. The molecule has 1 aromatic heterocycles. The molecule has 0 fully saturated rings. The van der Waals surface area contributed by atoms with E-state index < -0.39 is 0 Å². The van der Waals surface area contributed by atoms with Gasteiger partial charge in [-0.15, -0.1) is 0 Å². The van der Waals surface area contributed by atoms with Crippen molar-refractivity contribution in [2.24, 2.45) is 0 Å². The number of anilines is 6. The van der Waals surface area contributed by atoms with Gasteiger partial charge in [-0.05, 0) is 178 Å². The average molecular weight is 1110 g/mol. The molecule has 0 atom stereocenters. The molecule has 0 radical (unpaired) electrons. The fourth-order valence-electron chi connectivity index (χ4n) is 13.9. The minimum absolute atomic E-state index is 0.0435. The Kier molecular flexibility index (Phi) is 12.9.